The van der Waals surface area contributed by atoms with Gasteiger partial charge in [-0.15, -0.1) is 12.4 Å². The third kappa shape index (κ3) is 5.19. The molecule has 24 heavy (non-hydrogen) atoms. The summed E-state index contributed by atoms with van der Waals surface area (Å²) >= 11 is 0. The van der Waals surface area contributed by atoms with Crippen LogP contribution in [0.4, 0.5) is 0 Å². The standard InChI is InChI=1S/C17H25N3O3.ClH/c1-3-14(17(22)20-8-10-23-11-9-20)19-16(21)15(18)13-6-4-12(2)5-7-13;/h4-7,14-15H,3,8-11,18H2,1-2H3,(H,19,21);1H. The zero-order valence-corrected chi connectivity index (χ0v) is 15.0. The van der Waals surface area contributed by atoms with Crippen LogP contribution in [0.1, 0.15) is 30.5 Å². The van der Waals surface area contributed by atoms with Gasteiger partial charge in [0.15, 0.2) is 0 Å². The molecule has 0 spiro atoms. The van der Waals surface area contributed by atoms with Crippen molar-refractivity contribution in [1.29, 1.82) is 0 Å². The summed E-state index contributed by atoms with van der Waals surface area (Å²) in [5, 5.41) is 2.78. The molecule has 134 valence electrons. The molecule has 2 amide bonds. The van der Waals surface area contributed by atoms with Gasteiger partial charge in [0.25, 0.3) is 0 Å². The second kappa shape index (κ2) is 9.61. The minimum atomic E-state index is -0.776. The van der Waals surface area contributed by atoms with Gasteiger partial charge in [-0.3, -0.25) is 9.59 Å². The molecule has 2 atom stereocenters. The fourth-order valence-corrected chi connectivity index (χ4v) is 2.53. The van der Waals surface area contributed by atoms with Crippen molar-refractivity contribution in [3.8, 4) is 0 Å². The molecular weight excluding hydrogens is 330 g/mol. The van der Waals surface area contributed by atoms with E-state index in [1.165, 1.54) is 0 Å². The summed E-state index contributed by atoms with van der Waals surface area (Å²) in [5.41, 5.74) is 7.86. The van der Waals surface area contributed by atoms with Crippen LogP contribution in [0.25, 0.3) is 0 Å². The van der Waals surface area contributed by atoms with E-state index in [9.17, 15) is 9.59 Å². The Bertz CT molecular complexity index is 545. The number of benzene rings is 1. The number of carbonyl (C=O) groups is 2. The van der Waals surface area contributed by atoms with Gasteiger partial charge in [0.05, 0.1) is 13.2 Å². The number of nitrogens with one attached hydrogen (secondary N) is 1. The largest absolute Gasteiger partial charge is 0.378 e. The van der Waals surface area contributed by atoms with Crippen molar-refractivity contribution in [1.82, 2.24) is 10.2 Å². The fraction of sp³-hybridized carbons (Fsp3) is 0.529. The maximum absolute atomic E-state index is 12.5. The number of rotatable bonds is 5. The van der Waals surface area contributed by atoms with Gasteiger partial charge in [-0.25, -0.2) is 0 Å². The number of nitrogens with two attached hydrogens (primary N) is 1. The molecule has 1 saturated heterocycles. The number of hydrogen-bond acceptors (Lipinski definition) is 4. The van der Waals surface area contributed by atoms with Gasteiger partial charge in [0.2, 0.25) is 11.8 Å². The molecule has 0 saturated carbocycles. The SMILES string of the molecule is CCC(NC(=O)C(N)c1ccc(C)cc1)C(=O)N1CCOCC1.Cl. The van der Waals surface area contributed by atoms with E-state index in [0.717, 1.165) is 11.1 Å². The van der Waals surface area contributed by atoms with Crippen LogP contribution in [-0.2, 0) is 14.3 Å². The Morgan fingerprint density at radius 1 is 1.25 bits per heavy atom. The van der Waals surface area contributed by atoms with E-state index in [1.807, 2.05) is 38.1 Å². The zero-order chi connectivity index (χ0) is 16.8. The summed E-state index contributed by atoms with van der Waals surface area (Å²) in [7, 11) is 0. The quantitative estimate of drug-likeness (QED) is 0.830. The first-order chi connectivity index (χ1) is 11.0. The van der Waals surface area contributed by atoms with Crippen LogP contribution in [-0.4, -0.2) is 49.1 Å². The van der Waals surface area contributed by atoms with Crippen molar-refractivity contribution < 1.29 is 14.3 Å². The van der Waals surface area contributed by atoms with Crippen LogP contribution in [0.2, 0.25) is 0 Å². The molecule has 1 aromatic carbocycles. The Balaban J connectivity index is 0.00000288. The average molecular weight is 356 g/mol. The van der Waals surface area contributed by atoms with Gasteiger partial charge in [-0.1, -0.05) is 36.8 Å². The van der Waals surface area contributed by atoms with Gasteiger partial charge in [0.1, 0.15) is 12.1 Å². The lowest BCUT2D eigenvalue weighted by Crippen LogP contribution is -2.52. The predicted octanol–water partition coefficient (Wildman–Crippen LogP) is 1.17. The minimum absolute atomic E-state index is 0. The maximum atomic E-state index is 12.5. The Morgan fingerprint density at radius 3 is 2.38 bits per heavy atom. The van der Waals surface area contributed by atoms with Crippen molar-refractivity contribution in [3.05, 3.63) is 35.4 Å². The van der Waals surface area contributed by atoms with Crippen molar-refractivity contribution in [2.45, 2.75) is 32.4 Å². The van der Waals surface area contributed by atoms with Crippen LogP contribution in [0.15, 0.2) is 24.3 Å². The van der Waals surface area contributed by atoms with Gasteiger partial charge in [-0.05, 0) is 18.9 Å². The van der Waals surface area contributed by atoms with Crippen molar-refractivity contribution >= 4 is 24.2 Å². The molecule has 7 heteroatoms. The number of halogens is 1. The topological polar surface area (TPSA) is 84.7 Å². The highest BCUT2D eigenvalue weighted by atomic mass is 35.5. The van der Waals surface area contributed by atoms with E-state index in [4.69, 9.17) is 10.5 Å². The van der Waals surface area contributed by atoms with Crippen molar-refractivity contribution in [3.63, 3.8) is 0 Å². The lowest BCUT2D eigenvalue weighted by atomic mass is 10.0. The Hall–Kier alpha value is -1.63. The summed E-state index contributed by atoms with van der Waals surface area (Å²) in [4.78, 5) is 26.6. The van der Waals surface area contributed by atoms with Crippen LogP contribution < -0.4 is 11.1 Å². The molecule has 2 rings (SSSR count). The molecule has 0 aromatic heterocycles. The van der Waals surface area contributed by atoms with Gasteiger partial charge < -0.3 is 20.7 Å². The maximum Gasteiger partial charge on any atom is 0.245 e. The molecule has 3 N–H and O–H groups in total. The summed E-state index contributed by atoms with van der Waals surface area (Å²) in [6, 6.07) is 6.19. The van der Waals surface area contributed by atoms with Gasteiger partial charge in [-0.2, -0.15) is 0 Å². The number of ether oxygens (including phenoxy) is 1. The highest BCUT2D eigenvalue weighted by molar-refractivity contribution is 5.90. The third-order valence-electron chi connectivity index (χ3n) is 4.06. The molecule has 0 aliphatic carbocycles. The van der Waals surface area contributed by atoms with Crippen molar-refractivity contribution in [2.24, 2.45) is 5.73 Å². The molecule has 1 aliphatic rings. The summed E-state index contributed by atoms with van der Waals surface area (Å²) in [6.45, 7) is 6.06. The number of carbonyl (C=O) groups excluding carboxylic acids is 2. The number of amides is 2. The van der Waals surface area contributed by atoms with Crippen LogP contribution in [0, 0.1) is 6.92 Å². The third-order valence-corrected chi connectivity index (χ3v) is 4.06. The normalized spacial score (nSPS) is 16.7. The molecular formula is C17H26ClN3O3. The van der Waals surface area contributed by atoms with E-state index in [1.54, 1.807) is 4.90 Å². The van der Waals surface area contributed by atoms with E-state index < -0.39 is 12.1 Å². The predicted molar refractivity (Wildman–Crippen MR) is 95.0 cm³/mol. The van der Waals surface area contributed by atoms with E-state index in [-0.39, 0.29) is 24.2 Å². The molecule has 6 nitrogen and oxygen atoms in total. The second-order valence-electron chi connectivity index (χ2n) is 5.80. The summed E-state index contributed by atoms with van der Waals surface area (Å²) in [5.74, 6) is -0.400. The highest BCUT2D eigenvalue weighted by Gasteiger charge is 2.27. The number of hydrogen-bond donors (Lipinski definition) is 2. The van der Waals surface area contributed by atoms with E-state index in [2.05, 4.69) is 5.32 Å². The zero-order valence-electron chi connectivity index (χ0n) is 14.2. The van der Waals surface area contributed by atoms with Crippen molar-refractivity contribution in [2.75, 3.05) is 26.3 Å². The summed E-state index contributed by atoms with van der Waals surface area (Å²) < 4.78 is 5.25. The Kier molecular flexibility index (Phi) is 8.18. The molecule has 1 aliphatic heterocycles. The Labute approximate surface area is 149 Å². The second-order valence-corrected chi connectivity index (χ2v) is 5.80. The lowest BCUT2D eigenvalue weighted by Gasteiger charge is -2.30. The number of nitrogens with zero attached hydrogens (tertiary/aromatic N) is 1. The number of aryl methyl sites for hydroxylation is 1. The monoisotopic (exact) mass is 355 g/mol. The summed E-state index contributed by atoms with van der Waals surface area (Å²) in [6.07, 6.45) is 0.530. The molecule has 1 fully saturated rings. The smallest absolute Gasteiger partial charge is 0.245 e. The van der Waals surface area contributed by atoms with E-state index in [0.29, 0.717) is 32.7 Å². The Morgan fingerprint density at radius 2 is 1.83 bits per heavy atom. The first-order valence-electron chi connectivity index (χ1n) is 8.02. The van der Waals surface area contributed by atoms with E-state index >= 15 is 0 Å². The first kappa shape index (κ1) is 20.4. The first-order valence-corrected chi connectivity index (χ1v) is 8.02. The highest BCUT2D eigenvalue weighted by Crippen LogP contribution is 2.12. The molecule has 2 unspecified atom stereocenters. The molecule has 1 heterocycles. The molecule has 1 aromatic rings. The van der Waals surface area contributed by atoms with Gasteiger partial charge in [0, 0.05) is 13.1 Å². The average Bonchev–Trinajstić information content (AvgIpc) is 2.59. The van der Waals surface area contributed by atoms with Crippen LogP contribution in [0.5, 0.6) is 0 Å². The lowest BCUT2D eigenvalue weighted by molar-refractivity contribution is -0.140. The van der Waals surface area contributed by atoms with Crippen LogP contribution in [0.3, 0.4) is 0 Å². The van der Waals surface area contributed by atoms with Crippen LogP contribution >= 0.6 is 12.4 Å². The molecule has 0 bridgehead atoms. The fourth-order valence-electron chi connectivity index (χ4n) is 2.53. The number of morpholine rings is 1. The minimum Gasteiger partial charge on any atom is -0.378 e. The molecule has 0 radical (unpaired) electrons. The van der Waals surface area contributed by atoms with Gasteiger partial charge >= 0.3 is 0 Å².